The van der Waals surface area contributed by atoms with Crippen molar-refractivity contribution in [3.05, 3.63) is 12.5 Å². The van der Waals surface area contributed by atoms with Crippen molar-refractivity contribution in [3.8, 4) is 0 Å². The van der Waals surface area contributed by atoms with Crippen LogP contribution in [0.25, 0.3) is 0 Å². The first-order chi connectivity index (χ1) is 6.80. The maximum absolute atomic E-state index is 11.3. The molecule has 0 aliphatic carbocycles. The molecule has 0 N–H and O–H groups in total. The summed E-state index contributed by atoms with van der Waals surface area (Å²) in [5.41, 5.74) is 0. The van der Waals surface area contributed by atoms with Gasteiger partial charge in [0.1, 0.15) is 6.54 Å². The molecule has 0 aliphatic heterocycles. The number of halogens is 1. The lowest BCUT2D eigenvalue weighted by atomic mass is 10.5. The molecule has 1 rings (SSSR count). The van der Waals surface area contributed by atoms with E-state index in [1.807, 2.05) is 0 Å². The molecule has 0 fully saturated rings. The molecule has 0 aliphatic rings. The smallest absolute Gasteiger partial charge is 0.280 e. The second kappa shape index (κ2) is 4.19. The van der Waals surface area contributed by atoms with Gasteiger partial charge in [-0.1, -0.05) is 0 Å². The van der Waals surface area contributed by atoms with Crippen LogP contribution in [0.2, 0.25) is 0 Å². The van der Waals surface area contributed by atoms with Crippen molar-refractivity contribution in [2.75, 3.05) is 14.1 Å². The highest BCUT2D eigenvalue weighted by Crippen LogP contribution is 2.11. The van der Waals surface area contributed by atoms with Crippen LogP contribution < -0.4 is 0 Å². The van der Waals surface area contributed by atoms with Crippen LogP contribution in [0, 0.1) is 0 Å². The predicted molar refractivity (Wildman–Crippen MR) is 54.0 cm³/mol. The van der Waals surface area contributed by atoms with Crippen LogP contribution in [0.5, 0.6) is 0 Å². The zero-order chi connectivity index (χ0) is 11.6. The van der Waals surface area contributed by atoms with Crippen molar-refractivity contribution in [2.24, 2.45) is 0 Å². The molecular formula is C7H10ClN3O3S. The fourth-order valence-corrected chi connectivity index (χ4v) is 1.52. The van der Waals surface area contributed by atoms with Gasteiger partial charge in [-0.15, -0.1) is 0 Å². The van der Waals surface area contributed by atoms with Crippen molar-refractivity contribution in [1.29, 1.82) is 0 Å². The average molecular weight is 252 g/mol. The molecule has 0 bridgehead atoms. The summed E-state index contributed by atoms with van der Waals surface area (Å²) >= 11 is 0. The van der Waals surface area contributed by atoms with Crippen molar-refractivity contribution in [2.45, 2.75) is 11.6 Å². The maximum Gasteiger partial charge on any atom is 0.280 e. The third-order valence-corrected chi connectivity index (χ3v) is 2.86. The maximum atomic E-state index is 11.3. The lowest BCUT2D eigenvalue weighted by Crippen LogP contribution is -2.25. The number of carbonyl (C=O) groups excluding carboxylic acids is 1. The Morgan fingerprint density at radius 1 is 1.60 bits per heavy atom. The third kappa shape index (κ3) is 3.21. The van der Waals surface area contributed by atoms with E-state index in [2.05, 4.69) is 4.98 Å². The Bertz CT molecular complexity index is 466. The summed E-state index contributed by atoms with van der Waals surface area (Å²) in [6, 6.07) is 0. The molecule has 0 atom stereocenters. The van der Waals surface area contributed by atoms with Gasteiger partial charge in [0.05, 0.1) is 6.33 Å². The van der Waals surface area contributed by atoms with Gasteiger partial charge in [-0.2, -0.15) is 0 Å². The van der Waals surface area contributed by atoms with Gasteiger partial charge in [-0.05, 0) is 0 Å². The Hall–Kier alpha value is -1.08. The Balaban J connectivity index is 2.83. The molecule has 1 aromatic heterocycles. The van der Waals surface area contributed by atoms with Crippen molar-refractivity contribution < 1.29 is 13.2 Å². The molecule has 15 heavy (non-hydrogen) atoms. The van der Waals surface area contributed by atoms with Crippen molar-refractivity contribution in [3.63, 3.8) is 0 Å². The van der Waals surface area contributed by atoms with E-state index in [4.69, 9.17) is 10.7 Å². The first-order valence-corrected chi connectivity index (χ1v) is 6.28. The second-order valence-electron chi connectivity index (χ2n) is 3.11. The number of carbonyl (C=O) groups is 1. The monoisotopic (exact) mass is 251 g/mol. The number of amides is 1. The number of rotatable bonds is 3. The summed E-state index contributed by atoms with van der Waals surface area (Å²) < 4.78 is 23.1. The molecular weight excluding hydrogens is 242 g/mol. The zero-order valence-corrected chi connectivity index (χ0v) is 9.79. The zero-order valence-electron chi connectivity index (χ0n) is 8.21. The minimum atomic E-state index is -3.82. The van der Waals surface area contributed by atoms with Gasteiger partial charge in [0.2, 0.25) is 5.91 Å². The van der Waals surface area contributed by atoms with Gasteiger partial charge in [0.25, 0.3) is 9.05 Å². The summed E-state index contributed by atoms with van der Waals surface area (Å²) in [6.45, 7) is 0.0341. The van der Waals surface area contributed by atoms with E-state index < -0.39 is 9.05 Å². The molecule has 0 spiro atoms. The van der Waals surface area contributed by atoms with E-state index in [0.717, 1.165) is 0 Å². The highest BCUT2D eigenvalue weighted by Gasteiger charge is 2.14. The lowest BCUT2D eigenvalue weighted by molar-refractivity contribution is -0.129. The molecule has 6 nitrogen and oxygen atoms in total. The van der Waals surface area contributed by atoms with E-state index in [1.54, 1.807) is 14.1 Å². The van der Waals surface area contributed by atoms with Gasteiger partial charge in [0.15, 0.2) is 5.03 Å². The molecule has 84 valence electrons. The fourth-order valence-electron chi connectivity index (χ4n) is 0.850. The van der Waals surface area contributed by atoms with Gasteiger partial charge in [-0.3, -0.25) is 4.79 Å². The summed E-state index contributed by atoms with van der Waals surface area (Å²) in [7, 11) is 4.47. The van der Waals surface area contributed by atoms with Crippen LogP contribution >= 0.6 is 10.7 Å². The summed E-state index contributed by atoms with van der Waals surface area (Å²) in [6.07, 6.45) is 2.46. The van der Waals surface area contributed by atoms with E-state index in [1.165, 1.54) is 22.0 Å². The van der Waals surface area contributed by atoms with Crippen LogP contribution in [0.4, 0.5) is 0 Å². The van der Waals surface area contributed by atoms with Gasteiger partial charge < -0.3 is 9.47 Å². The minimum Gasteiger partial charge on any atom is -0.347 e. The Morgan fingerprint density at radius 3 is 2.60 bits per heavy atom. The van der Waals surface area contributed by atoms with E-state index in [0.29, 0.717) is 0 Å². The standard InChI is InChI=1S/C7H10ClN3O3S/c1-10(2)7(12)4-11-3-6(9-5-11)15(8,13)14/h3,5H,4H2,1-2H3. The molecule has 1 aromatic rings. The van der Waals surface area contributed by atoms with Crippen molar-refractivity contribution in [1.82, 2.24) is 14.5 Å². The first kappa shape index (κ1) is 12.0. The van der Waals surface area contributed by atoms with Crippen LogP contribution in [0.15, 0.2) is 17.6 Å². The van der Waals surface area contributed by atoms with Crippen LogP contribution in [0.3, 0.4) is 0 Å². The number of hydrogen-bond acceptors (Lipinski definition) is 4. The fraction of sp³-hybridized carbons (Fsp3) is 0.429. The number of likely N-dealkylation sites (N-methyl/N-ethyl adjacent to an activating group) is 1. The first-order valence-electron chi connectivity index (χ1n) is 3.97. The van der Waals surface area contributed by atoms with Gasteiger partial charge >= 0.3 is 0 Å². The Labute approximate surface area is 91.9 Å². The normalized spacial score (nSPS) is 11.4. The van der Waals surface area contributed by atoms with E-state index in [9.17, 15) is 13.2 Å². The molecule has 0 saturated heterocycles. The summed E-state index contributed by atoms with van der Waals surface area (Å²) in [5, 5.41) is -0.254. The SMILES string of the molecule is CN(C)C(=O)Cn1cnc(S(=O)(=O)Cl)c1. The summed E-state index contributed by atoms with van der Waals surface area (Å²) in [4.78, 5) is 16.2. The Kier molecular flexibility index (Phi) is 3.35. The number of hydrogen-bond donors (Lipinski definition) is 0. The molecule has 1 heterocycles. The topological polar surface area (TPSA) is 72.3 Å². The summed E-state index contributed by atoms with van der Waals surface area (Å²) in [5.74, 6) is -0.161. The highest BCUT2D eigenvalue weighted by atomic mass is 35.7. The molecule has 8 heteroatoms. The van der Waals surface area contributed by atoms with Crippen LogP contribution in [-0.4, -0.2) is 42.9 Å². The third-order valence-electron chi connectivity index (χ3n) is 1.68. The van der Waals surface area contributed by atoms with Gasteiger partial charge in [0, 0.05) is 31.0 Å². The van der Waals surface area contributed by atoms with Gasteiger partial charge in [-0.25, -0.2) is 13.4 Å². The minimum absolute atomic E-state index is 0.0341. The molecule has 0 radical (unpaired) electrons. The van der Waals surface area contributed by atoms with E-state index >= 15 is 0 Å². The van der Waals surface area contributed by atoms with Crippen LogP contribution in [-0.2, 0) is 20.4 Å². The highest BCUT2D eigenvalue weighted by molar-refractivity contribution is 8.13. The second-order valence-corrected chi connectivity index (χ2v) is 5.62. The molecule has 0 unspecified atom stereocenters. The van der Waals surface area contributed by atoms with Crippen LogP contribution in [0.1, 0.15) is 0 Å². The average Bonchev–Trinajstić information content (AvgIpc) is 2.51. The van der Waals surface area contributed by atoms with Crippen molar-refractivity contribution >= 4 is 25.6 Å². The number of imidazole rings is 1. The Morgan fingerprint density at radius 2 is 2.20 bits per heavy atom. The van der Waals surface area contributed by atoms with E-state index in [-0.39, 0.29) is 17.5 Å². The molecule has 1 amide bonds. The molecule has 0 saturated carbocycles. The number of nitrogens with zero attached hydrogens (tertiary/aromatic N) is 3. The molecule has 0 aromatic carbocycles. The quantitative estimate of drug-likeness (QED) is 0.704. The largest absolute Gasteiger partial charge is 0.347 e. The predicted octanol–water partition coefficient (Wildman–Crippen LogP) is -0.101. The number of aromatic nitrogens is 2. The lowest BCUT2D eigenvalue weighted by Gasteiger charge is -2.09.